The first-order valence-electron chi connectivity index (χ1n) is 5.99. The van der Waals surface area contributed by atoms with E-state index in [2.05, 4.69) is 58.8 Å². The van der Waals surface area contributed by atoms with E-state index in [9.17, 15) is 5.11 Å². The number of likely N-dealkylation sites (N-methyl/N-ethyl adjacent to an activating group) is 1. The molecule has 1 aliphatic rings. The molecule has 0 aromatic heterocycles. The lowest BCUT2D eigenvalue weighted by Gasteiger charge is -2.30. The van der Waals surface area contributed by atoms with Gasteiger partial charge in [-0.2, -0.15) is 0 Å². The summed E-state index contributed by atoms with van der Waals surface area (Å²) < 4.78 is 0. The van der Waals surface area contributed by atoms with Gasteiger partial charge in [0.15, 0.2) is 0 Å². The Labute approximate surface area is 99.7 Å². The molecular formula is C14H25NO. The highest BCUT2D eigenvalue weighted by Gasteiger charge is 2.30. The van der Waals surface area contributed by atoms with Gasteiger partial charge in [0.25, 0.3) is 0 Å². The third-order valence-electron chi connectivity index (χ3n) is 3.38. The molecule has 1 N–H and O–H groups in total. The Morgan fingerprint density at radius 3 is 2.31 bits per heavy atom. The summed E-state index contributed by atoms with van der Waals surface area (Å²) in [5.74, 6) is 0. The SMILES string of the molecule is C[C@@H](C1=C([C@H](O)C(C)(C)C)CC=C1)N(C)C. The van der Waals surface area contributed by atoms with Crippen LogP contribution in [0, 0.1) is 5.41 Å². The molecule has 0 amide bonds. The van der Waals surface area contributed by atoms with Crippen molar-refractivity contribution in [2.45, 2.75) is 46.3 Å². The Morgan fingerprint density at radius 1 is 1.31 bits per heavy atom. The molecular weight excluding hydrogens is 198 g/mol. The smallest absolute Gasteiger partial charge is 0.0807 e. The summed E-state index contributed by atoms with van der Waals surface area (Å²) >= 11 is 0. The summed E-state index contributed by atoms with van der Waals surface area (Å²) in [5.41, 5.74) is 2.39. The predicted octanol–water partition coefficient (Wildman–Crippen LogP) is 2.60. The van der Waals surface area contributed by atoms with Crippen molar-refractivity contribution in [1.82, 2.24) is 4.90 Å². The molecule has 0 heterocycles. The van der Waals surface area contributed by atoms with E-state index in [0.29, 0.717) is 6.04 Å². The number of allylic oxidation sites excluding steroid dienone is 1. The number of hydrogen-bond donors (Lipinski definition) is 1. The van der Waals surface area contributed by atoms with E-state index < -0.39 is 0 Å². The van der Waals surface area contributed by atoms with Crippen LogP contribution in [-0.2, 0) is 0 Å². The molecule has 0 aromatic rings. The summed E-state index contributed by atoms with van der Waals surface area (Å²) in [6.07, 6.45) is 4.86. The number of nitrogens with zero attached hydrogens (tertiary/aromatic N) is 1. The zero-order valence-electron chi connectivity index (χ0n) is 11.4. The molecule has 0 radical (unpaired) electrons. The van der Waals surface area contributed by atoms with Gasteiger partial charge in [0.05, 0.1) is 6.10 Å². The fraction of sp³-hybridized carbons (Fsp3) is 0.714. The standard InChI is InChI=1S/C14H25NO/c1-10(15(5)6)11-8-7-9-12(11)13(16)14(2,3)4/h7-8,10,13,16H,9H2,1-6H3/t10-,13-/m0/s1. The van der Waals surface area contributed by atoms with E-state index >= 15 is 0 Å². The van der Waals surface area contributed by atoms with Gasteiger partial charge in [-0.1, -0.05) is 32.9 Å². The van der Waals surface area contributed by atoms with Crippen LogP contribution >= 0.6 is 0 Å². The van der Waals surface area contributed by atoms with Crippen LogP contribution in [0.25, 0.3) is 0 Å². The van der Waals surface area contributed by atoms with Gasteiger partial charge in [0.2, 0.25) is 0 Å². The van der Waals surface area contributed by atoms with Crippen LogP contribution in [0.1, 0.15) is 34.1 Å². The van der Waals surface area contributed by atoms with Crippen molar-refractivity contribution in [2.75, 3.05) is 14.1 Å². The molecule has 0 spiro atoms. The van der Waals surface area contributed by atoms with Gasteiger partial charge in [-0.25, -0.2) is 0 Å². The lowest BCUT2D eigenvalue weighted by molar-refractivity contribution is 0.0920. The third-order valence-corrected chi connectivity index (χ3v) is 3.38. The Bertz CT molecular complexity index is 307. The first-order valence-corrected chi connectivity index (χ1v) is 5.99. The maximum Gasteiger partial charge on any atom is 0.0807 e. The van der Waals surface area contributed by atoms with E-state index in [1.807, 2.05) is 0 Å². The number of hydrogen-bond acceptors (Lipinski definition) is 2. The second kappa shape index (κ2) is 4.72. The van der Waals surface area contributed by atoms with Crippen molar-refractivity contribution in [3.8, 4) is 0 Å². The predicted molar refractivity (Wildman–Crippen MR) is 69.4 cm³/mol. The maximum absolute atomic E-state index is 10.4. The van der Waals surface area contributed by atoms with Gasteiger partial charge in [-0.3, -0.25) is 0 Å². The number of rotatable bonds is 3. The van der Waals surface area contributed by atoms with Crippen molar-refractivity contribution >= 4 is 0 Å². The second-order valence-electron chi connectivity index (χ2n) is 6.00. The Kier molecular flexibility index (Phi) is 3.97. The average Bonchev–Trinajstić information content (AvgIpc) is 2.61. The summed E-state index contributed by atoms with van der Waals surface area (Å²) in [6, 6.07) is 0.366. The Balaban J connectivity index is 2.98. The molecule has 16 heavy (non-hydrogen) atoms. The topological polar surface area (TPSA) is 23.5 Å². The fourth-order valence-electron chi connectivity index (χ4n) is 2.02. The minimum Gasteiger partial charge on any atom is -0.388 e. The third kappa shape index (κ3) is 2.74. The highest BCUT2D eigenvalue weighted by molar-refractivity contribution is 5.40. The fourth-order valence-corrected chi connectivity index (χ4v) is 2.02. The molecule has 0 aliphatic heterocycles. The van der Waals surface area contributed by atoms with E-state index in [1.165, 1.54) is 11.1 Å². The average molecular weight is 223 g/mol. The lowest BCUT2D eigenvalue weighted by atomic mass is 9.82. The van der Waals surface area contributed by atoms with Crippen molar-refractivity contribution in [1.29, 1.82) is 0 Å². The molecule has 2 atom stereocenters. The Morgan fingerprint density at radius 2 is 1.88 bits per heavy atom. The molecule has 92 valence electrons. The van der Waals surface area contributed by atoms with Crippen LogP contribution in [0.3, 0.4) is 0 Å². The number of aliphatic hydroxyl groups is 1. The van der Waals surface area contributed by atoms with Crippen LogP contribution in [0.15, 0.2) is 23.3 Å². The van der Waals surface area contributed by atoms with Crippen LogP contribution in [0.4, 0.5) is 0 Å². The van der Waals surface area contributed by atoms with Gasteiger partial charge in [0.1, 0.15) is 0 Å². The van der Waals surface area contributed by atoms with E-state index in [-0.39, 0.29) is 11.5 Å². The van der Waals surface area contributed by atoms with Crippen LogP contribution in [0.5, 0.6) is 0 Å². The summed E-state index contributed by atoms with van der Waals surface area (Å²) in [5, 5.41) is 10.4. The van der Waals surface area contributed by atoms with E-state index in [1.54, 1.807) is 0 Å². The largest absolute Gasteiger partial charge is 0.388 e. The van der Waals surface area contributed by atoms with Crippen LogP contribution in [0.2, 0.25) is 0 Å². The highest BCUT2D eigenvalue weighted by Crippen LogP contribution is 2.34. The summed E-state index contributed by atoms with van der Waals surface area (Å²) in [7, 11) is 4.15. The van der Waals surface area contributed by atoms with Gasteiger partial charge < -0.3 is 10.0 Å². The minimum absolute atomic E-state index is 0.0847. The first kappa shape index (κ1) is 13.5. The summed E-state index contributed by atoms with van der Waals surface area (Å²) in [4.78, 5) is 2.18. The monoisotopic (exact) mass is 223 g/mol. The molecule has 2 heteroatoms. The maximum atomic E-state index is 10.4. The van der Waals surface area contributed by atoms with Gasteiger partial charge in [-0.15, -0.1) is 0 Å². The van der Waals surface area contributed by atoms with Gasteiger partial charge in [-0.05, 0) is 44.0 Å². The minimum atomic E-state index is -0.347. The van der Waals surface area contributed by atoms with E-state index in [0.717, 1.165) is 6.42 Å². The molecule has 0 aromatic carbocycles. The van der Waals surface area contributed by atoms with Crippen LogP contribution in [-0.4, -0.2) is 36.2 Å². The molecule has 0 unspecified atom stereocenters. The molecule has 1 aliphatic carbocycles. The zero-order chi connectivity index (χ0) is 12.5. The van der Waals surface area contributed by atoms with E-state index in [4.69, 9.17) is 0 Å². The van der Waals surface area contributed by atoms with Crippen molar-refractivity contribution in [3.05, 3.63) is 23.3 Å². The molecule has 0 saturated heterocycles. The van der Waals surface area contributed by atoms with Crippen molar-refractivity contribution < 1.29 is 5.11 Å². The first-order chi connectivity index (χ1) is 7.25. The quantitative estimate of drug-likeness (QED) is 0.795. The normalized spacial score (nSPS) is 20.8. The van der Waals surface area contributed by atoms with Crippen molar-refractivity contribution in [3.63, 3.8) is 0 Å². The molecule has 0 saturated carbocycles. The van der Waals surface area contributed by atoms with Gasteiger partial charge >= 0.3 is 0 Å². The lowest BCUT2D eigenvalue weighted by Crippen LogP contribution is -2.32. The zero-order valence-corrected chi connectivity index (χ0v) is 11.4. The second-order valence-corrected chi connectivity index (χ2v) is 6.00. The molecule has 0 bridgehead atoms. The Hall–Kier alpha value is -0.600. The molecule has 0 fully saturated rings. The van der Waals surface area contributed by atoms with Crippen LogP contribution < -0.4 is 0 Å². The summed E-state index contributed by atoms with van der Waals surface area (Å²) in [6.45, 7) is 8.43. The molecule has 1 rings (SSSR count). The van der Waals surface area contributed by atoms with Crippen molar-refractivity contribution in [2.24, 2.45) is 5.41 Å². The van der Waals surface area contributed by atoms with Gasteiger partial charge in [0, 0.05) is 6.04 Å². The molecule has 2 nitrogen and oxygen atoms in total. The highest BCUT2D eigenvalue weighted by atomic mass is 16.3. The number of aliphatic hydroxyl groups excluding tert-OH is 1.